The van der Waals surface area contributed by atoms with Crippen LogP contribution in [0.4, 0.5) is 15.8 Å². The zero-order valence-electron chi connectivity index (χ0n) is 9.28. The van der Waals surface area contributed by atoms with Crippen molar-refractivity contribution in [2.75, 3.05) is 36.9 Å². The van der Waals surface area contributed by atoms with Crippen LogP contribution in [0.15, 0.2) is 12.1 Å². The molecule has 0 spiro atoms. The fourth-order valence-electron chi connectivity index (χ4n) is 1.84. The van der Waals surface area contributed by atoms with Crippen LogP contribution in [0.2, 0.25) is 0 Å². The maximum atomic E-state index is 13.8. The summed E-state index contributed by atoms with van der Waals surface area (Å²) in [5.41, 5.74) is 11.4. The summed E-state index contributed by atoms with van der Waals surface area (Å²) in [4.78, 5) is 12.8. The molecule has 17 heavy (non-hydrogen) atoms. The zero-order chi connectivity index (χ0) is 12.4. The van der Waals surface area contributed by atoms with Crippen molar-refractivity contribution in [2.24, 2.45) is 5.73 Å². The zero-order valence-corrected chi connectivity index (χ0v) is 9.28. The fraction of sp³-hybridized carbons (Fsp3) is 0.364. The maximum Gasteiger partial charge on any atom is 0.250 e. The number of morpholine rings is 1. The summed E-state index contributed by atoms with van der Waals surface area (Å²) < 4.78 is 19.0. The third-order valence-corrected chi connectivity index (χ3v) is 2.74. The molecule has 92 valence electrons. The summed E-state index contributed by atoms with van der Waals surface area (Å²) in [5, 5.41) is 0. The summed E-state index contributed by atoms with van der Waals surface area (Å²) >= 11 is 0. The number of primary amides is 1. The van der Waals surface area contributed by atoms with E-state index in [0.717, 1.165) is 6.07 Å². The first kappa shape index (κ1) is 11.7. The lowest BCUT2D eigenvalue weighted by Gasteiger charge is -2.29. The molecule has 0 atom stereocenters. The first-order chi connectivity index (χ1) is 8.09. The molecular weight excluding hydrogens is 225 g/mol. The number of halogens is 1. The third-order valence-electron chi connectivity index (χ3n) is 2.74. The average Bonchev–Trinajstić information content (AvgIpc) is 2.32. The summed E-state index contributed by atoms with van der Waals surface area (Å²) in [6.07, 6.45) is 0. The molecule has 1 aliphatic rings. The highest BCUT2D eigenvalue weighted by atomic mass is 19.1. The molecule has 6 heteroatoms. The minimum atomic E-state index is -0.727. The van der Waals surface area contributed by atoms with E-state index in [9.17, 15) is 9.18 Å². The number of nitrogens with zero attached hydrogens (tertiary/aromatic N) is 1. The number of rotatable bonds is 2. The second-order valence-electron chi connectivity index (χ2n) is 3.85. The molecule has 0 bridgehead atoms. The van der Waals surface area contributed by atoms with Crippen molar-refractivity contribution in [3.8, 4) is 0 Å². The molecule has 2 rings (SSSR count). The van der Waals surface area contributed by atoms with Crippen LogP contribution < -0.4 is 16.4 Å². The molecule has 1 heterocycles. The molecule has 0 radical (unpaired) electrons. The Balaban J connectivity index is 2.35. The van der Waals surface area contributed by atoms with Crippen LogP contribution >= 0.6 is 0 Å². The molecular formula is C11H14FN3O2. The summed E-state index contributed by atoms with van der Waals surface area (Å²) in [5.74, 6) is -1.22. The molecule has 1 fully saturated rings. The van der Waals surface area contributed by atoms with Gasteiger partial charge in [0.05, 0.1) is 24.5 Å². The number of carbonyl (C=O) groups excluding carboxylic acids is 1. The second kappa shape index (κ2) is 4.58. The minimum Gasteiger partial charge on any atom is -0.398 e. The molecule has 0 unspecified atom stereocenters. The Morgan fingerprint density at radius 1 is 1.35 bits per heavy atom. The molecule has 0 aliphatic carbocycles. The SMILES string of the molecule is NC(=O)c1cc(F)c(N2CCOCC2)cc1N. The smallest absolute Gasteiger partial charge is 0.250 e. The average molecular weight is 239 g/mol. The van der Waals surface area contributed by atoms with Crippen LogP contribution in [0.3, 0.4) is 0 Å². The van der Waals surface area contributed by atoms with E-state index >= 15 is 0 Å². The molecule has 5 nitrogen and oxygen atoms in total. The van der Waals surface area contributed by atoms with Crippen LogP contribution in [-0.2, 0) is 4.74 Å². The number of hydrogen-bond acceptors (Lipinski definition) is 4. The highest BCUT2D eigenvalue weighted by molar-refractivity contribution is 5.98. The third kappa shape index (κ3) is 2.31. The Morgan fingerprint density at radius 3 is 2.59 bits per heavy atom. The van der Waals surface area contributed by atoms with E-state index in [0.29, 0.717) is 32.0 Å². The van der Waals surface area contributed by atoms with E-state index in [4.69, 9.17) is 16.2 Å². The van der Waals surface area contributed by atoms with Crippen LogP contribution in [0, 0.1) is 5.82 Å². The predicted octanol–water partition coefficient (Wildman–Crippen LogP) is 0.343. The predicted molar refractivity (Wildman–Crippen MR) is 62.4 cm³/mol. The molecule has 1 aliphatic heterocycles. The van der Waals surface area contributed by atoms with Crippen molar-refractivity contribution in [1.29, 1.82) is 0 Å². The summed E-state index contributed by atoms with van der Waals surface area (Å²) in [7, 11) is 0. The number of anilines is 2. The lowest BCUT2D eigenvalue weighted by atomic mass is 10.1. The highest BCUT2D eigenvalue weighted by Crippen LogP contribution is 2.26. The van der Waals surface area contributed by atoms with Gasteiger partial charge in [-0.25, -0.2) is 4.39 Å². The Morgan fingerprint density at radius 2 is 2.00 bits per heavy atom. The summed E-state index contributed by atoms with van der Waals surface area (Å²) in [6, 6.07) is 2.53. The first-order valence-corrected chi connectivity index (χ1v) is 5.31. The molecule has 4 N–H and O–H groups in total. The van der Waals surface area contributed by atoms with Gasteiger partial charge in [-0.3, -0.25) is 4.79 Å². The quantitative estimate of drug-likeness (QED) is 0.729. The lowest BCUT2D eigenvalue weighted by Crippen LogP contribution is -2.36. The number of benzene rings is 1. The van der Waals surface area contributed by atoms with Gasteiger partial charge in [-0.2, -0.15) is 0 Å². The van der Waals surface area contributed by atoms with E-state index < -0.39 is 11.7 Å². The Labute approximate surface area is 98.1 Å². The number of hydrogen-bond donors (Lipinski definition) is 2. The van der Waals surface area contributed by atoms with Gasteiger partial charge >= 0.3 is 0 Å². The Kier molecular flexibility index (Phi) is 3.14. The molecule has 1 saturated heterocycles. The molecule has 1 aromatic carbocycles. The topological polar surface area (TPSA) is 81.6 Å². The van der Waals surface area contributed by atoms with Crippen molar-refractivity contribution in [3.63, 3.8) is 0 Å². The fourth-order valence-corrected chi connectivity index (χ4v) is 1.84. The van der Waals surface area contributed by atoms with Crippen LogP contribution in [0.25, 0.3) is 0 Å². The number of ether oxygens (including phenoxy) is 1. The largest absolute Gasteiger partial charge is 0.398 e. The van der Waals surface area contributed by atoms with Crippen molar-refractivity contribution in [3.05, 3.63) is 23.5 Å². The van der Waals surface area contributed by atoms with Gasteiger partial charge in [0.2, 0.25) is 0 Å². The van der Waals surface area contributed by atoms with Gasteiger partial charge in [-0.1, -0.05) is 0 Å². The lowest BCUT2D eigenvalue weighted by molar-refractivity contribution is 0.100. The second-order valence-corrected chi connectivity index (χ2v) is 3.85. The van der Waals surface area contributed by atoms with Gasteiger partial charge in [0, 0.05) is 18.8 Å². The maximum absolute atomic E-state index is 13.8. The van der Waals surface area contributed by atoms with E-state index in [1.54, 1.807) is 0 Å². The van der Waals surface area contributed by atoms with Gasteiger partial charge in [0.1, 0.15) is 5.82 Å². The van der Waals surface area contributed by atoms with E-state index in [1.165, 1.54) is 6.07 Å². The molecule has 1 amide bonds. The van der Waals surface area contributed by atoms with Crippen LogP contribution in [0.5, 0.6) is 0 Å². The normalized spacial score (nSPS) is 15.9. The van der Waals surface area contributed by atoms with Crippen LogP contribution in [-0.4, -0.2) is 32.2 Å². The van der Waals surface area contributed by atoms with E-state index in [-0.39, 0.29) is 11.3 Å². The first-order valence-electron chi connectivity index (χ1n) is 5.31. The monoisotopic (exact) mass is 239 g/mol. The van der Waals surface area contributed by atoms with Gasteiger partial charge in [-0.05, 0) is 12.1 Å². The van der Waals surface area contributed by atoms with Gasteiger partial charge < -0.3 is 21.1 Å². The van der Waals surface area contributed by atoms with Gasteiger partial charge in [0.15, 0.2) is 0 Å². The van der Waals surface area contributed by atoms with Crippen molar-refractivity contribution < 1.29 is 13.9 Å². The number of amides is 1. The number of carbonyl (C=O) groups is 1. The number of nitrogen functional groups attached to an aromatic ring is 1. The van der Waals surface area contributed by atoms with Crippen molar-refractivity contribution in [2.45, 2.75) is 0 Å². The van der Waals surface area contributed by atoms with Crippen molar-refractivity contribution in [1.82, 2.24) is 0 Å². The molecule has 0 saturated carbocycles. The van der Waals surface area contributed by atoms with E-state index in [2.05, 4.69) is 0 Å². The van der Waals surface area contributed by atoms with Crippen molar-refractivity contribution >= 4 is 17.3 Å². The van der Waals surface area contributed by atoms with Gasteiger partial charge in [0.25, 0.3) is 5.91 Å². The number of nitrogens with two attached hydrogens (primary N) is 2. The highest BCUT2D eigenvalue weighted by Gasteiger charge is 2.18. The Hall–Kier alpha value is -1.82. The van der Waals surface area contributed by atoms with Gasteiger partial charge in [-0.15, -0.1) is 0 Å². The van der Waals surface area contributed by atoms with Crippen LogP contribution in [0.1, 0.15) is 10.4 Å². The van der Waals surface area contributed by atoms with E-state index in [1.807, 2.05) is 4.90 Å². The summed E-state index contributed by atoms with van der Waals surface area (Å²) in [6.45, 7) is 2.31. The molecule has 1 aromatic rings. The standard InChI is InChI=1S/C11H14FN3O2/c12-8-5-7(11(14)16)9(13)6-10(8)15-1-3-17-4-2-15/h5-6H,1-4,13H2,(H2,14,16). The Bertz CT molecular complexity index is 445. The minimum absolute atomic E-state index is 0.0134. The molecule has 0 aromatic heterocycles.